The number of anilines is 2. The molecule has 0 spiro atoms. The van der Waals surface area contributed by atoms with Crippen molar-refractivity contribution in [1.82, 2.24) is 19.4 Å². The van der Waals surface area contributed by atoms with Gasteiger partial charge in [0.05, 0.1) is 6.20 Å². The maximum Gasteiger partial charge on any atom is 0.415 e. The summed E-state index contributed by atoms with van der Waals surface area (Å²) < 4.78 is 12.4. The molecule has 1 atom stereocenters. The maximum atomic E-state index is 13.5. The van der Waals surface area contributed by atoms with E-state index in [1.165, 1.54) is 22.9 Å². The summed E-state index contributed by atoms with van der Waals surface area (Å²) in [5, 5.41) is 24.1. The highest BCUT2D eigenvalue weighted by atomic mass is 16.6. The van der Waals surface area contributed by atoms with Gasteiger partial charge in [-0.2, -0.15) is 4.98 Å². The van der Waals surface area contributed by atoms with Gasteiger partial charge in [-0.05, 0) is 65.2 Å². The lowest BCUT2D eigenvalue weighted by atomic mass is 10.0. The van der Waals surface area contributed by atoms with Crippen LogP contribution in [0.3, 0.4) is 0 Å². The molecule has 4 rings (SSSR count). The van der Waals surface area contributed by atoms with Crippen LogP contribution >= 0.6 is 0 Å². The third-order valence-corrected chi connectivity index (χ3v) is 6.82. The van der Waals surface area contributed by atoms with Gasteiger partial charge in [-0.15, -0.1) is 0 Å². The molecule has 0 unspecified atom stereocenters. The molecule has 0 bridgehead atoms. The first-order chi connectivity index (χ1) is 20.0. The number of ether oxygens (including phenoxy) is 2. The molecule has 12 heteroatoms. The summed E-state index contributed by atoms with van der Waals surface area (Å²) in [6, 6.07) is 8.76. The zero-order valence-electron chi connectivity index (χ0n) is 24.8. The SMILES string of the molecule is CCN(CC)c1ncc(-n2c(O)ccc2O)c(N[C@@H](Cc2ccc(OC(=O)N3CCCC3)cc2)C(=O)OC(C)(C)C)n1. The molecule has 226 valence electrons. The number of likely N-dealkylation sites (tertiary alicyclic amines) is 1. The predicted molar refractivity (Wildman–Crippen MR) is 158 cm³/mol. The number of aromatic hydroxyl groups is 2. The van der Waals surface area contributed by atoms with Crippen molar-refractivity contribution in [2.45, 2.75) is 65.5 Å². The van der Waals surface area contributed by atoms with E-state index in [1.807, 2.05) is 18.7 Å². The molecule has 0 aliphatic carbocycles. The number of carbonyl (C=O) groups is 2. The minimum Gasteiger partial charge on any atom is -0.494 e. The summed E-state index contributed by atoms with van der Waals surface area (Å²) in [4.78, 5) is 38.6. The van der Waals surface area contributed by atoms with E-state index >= 15 is 0 Å². The molecule has 1 aromatic carbocycles. The second-order valence-corrected chi connectivity index (χ2v) is 11.1. The number of esters is 1. The fourth-order valence-electron chi connectivity index (χ4n) is 4.68. The van der Waals surface area contributed by atoms with Crippen molar-refractivity contribution in [3.8, 4) is 23.2 Å². The Morgan fingerprint density at radius 3 is 2.21 bits per heavy atom. The first-order valence-corrected chi connectivity index (χ1v) is 14.3. The maximum absolute atomic E-state index is 13.5. The van der Waals surface area contributed by atoms with Gasteiger partial charge in [0.25, 0.3) is 0 Å². The van der Waals surface area contributed by atoms with Crippen molar-refractivity contribution in [1.29, 1.82) is 0 Å². The van der Waals surface area contributed by atoms with Crippen molar-refractivity contribution in [3.05, 3.63) is 48.2 Å². The number of benzene rings is 1. The Morgan fingerprint density at radius 1 is 1.02 bits per heavy atom. The lowest BCUT2D eigenvalue weighted by Gasteiger charge is -2.26. The van der Waals surface area contributed by atoms with E-state index < -0.39 is 17.6 Å². The van der Waals surface area contributed by atoms with Crippen LogP contribution in [0.1, 0.15) is 53.0 Å². The second kappa shape index (κ2) is 13.0. The quantitative estimate of drug-likeness (QED) is 0.294. The van der Waals surface area contributed by atoms with Gasteiger partial charge >= 0.3 is 12.1 Å². The van der Waals surface area contributed by atoms with Crippen molar-refractivity contribution in [3.63, 3.8) is 0 Å². The lowest BCUT2D eigenvalue weighted by molar-refractivity contribution is -0.155. The van der Waals surface area contributed by atoms with Gasteiger partial charge in [0, 0.05) is 44.7 Å². The van der Waals surface area contributed by atoms with Crippen molar-refractivity contribution in [2.24, 2.45) is 0 Å². The Labute approximate surface area is 245 Å². The molecule has 3 aromatic rings. The van der Waals surface area contributed by atoms with Crippen molar-refractivity contribution in [2.75, 3.05) is 36.4 Å². The van der Waals surface area contributed by atoms with E-state index in [2.05, 4.69) is 15.3 Å². The van der Waals surface area contributed by atoms with Gasteiger partial charge in [0.2, 0.25) is 5.95 Å². The van der Waals surface area contributed by atoms with Crippen molar-refractivity contribution < 1.29 is 29.3 Å². The molecule has 1 amide bonds. The normalized spacial score (nSPS) is 14.0. The minimum atomic E-state index is -0.903. The molecule has 1 saturated heterocycles. The zero-order chi connectivity index (χ0) is 30.4. The highest BCUT2D eigenvalue weighted by Crippen LogP contribution is 2.32. The summed E-state index contributed by atoms with van der Waals surface area (Å²) >= 11 is 0. The fraction of sp³-hybridized carbons (Fsp3) is 0.467. The summed E-state index contributed by atoms with van der Waals surface area (Å²) in [6.07, 6.45) is 3.27. The number of hydrogen-bond acceptors (Lipinski definition) is 10. The van der Waals surface area contributed by atoms with Gasteiger partial charge in [0.15, 0.2) is 17.6 Å². The number of hydrogen-bond donors (Lipinski definition) is 3. The molecule has 3 N–H and O–H groups in total. The molecule has 42 heavy (non-hydrogen) atoms. The van der Waals surface area contributed by atoms with Gasteiger partial charge < -0.3 is 34.8 Å². The number of aromatic nitrogens is 3. The Morgan fingerprint density at radius 2 is 1.64 bits per heavy atom. The number of nitrogens with one attached hydrogen (secondary N) is 1. The first-order valence-electron chi connectivity index (χ1n) is 14.3. The smallest absolute Gasteiger partial charge is 0.415 e. The number of rotatable bonds is 10. The minimum absolute atomic E-state index is 0.211. The van der Waals surface area contributed by atoms with E-state index in [9.17, 15) is 19.8 Å². The van der Waals surface area contributed by atoms with Gasteiger partial charge in [-0.3, -0.25) is 0 Å². The van der Waals surface area contributed by atoms with E-state index in [0.717, 1.165) is 18.4 Å². The fourth-order valence-corrected chi connectivity index (χ4v) is 4.68. The first kappa shape index (κ1) is 30.5. The second-order valence-electron chi connectivity index (χ2n) is 11.1. The molecular formula is C30H40N6O6. The van der Waals surface area contributed by atoms with Crippen LogP contribution in [0.5, 0.6) is 17.5 Å². The van der Waals surface area contributed by atoms with Crippen LogP contribution in [0, 0.1) is 0 Å². The summed E-state index contributed by atoms with van der Waals surface area (Å²) in [7, 11) is 0. The van der Waals surface area contributed by atoms with Crippen LogP contribution in [0.15, 0.2) is 42.6 Å². The van der Waals surface area contributed by atoms with E-state index in [0.29, 0.717) is 37.9 Å². The third kappa shape index (κ3) is 7.42. The highest BCUT2D eigenvalue weighted by molar-refractivity contribution is 5.81. The third-order valence-electron chi connectivity index (χ3n) is 6.82. The molecule has 3 heterocycles. The molecule has 0 radical (unpaired) electrons. The van der Waals surface area contributed by atoms with Crippen LogP contribution in [-0.2, 0) is 16.0 Å². The summed E-state index contributed by atoms with van der Waals surface area (Å²) in [6.45, 7) is 12.0. The van der Waals surface area contributed by atoms with E-state index in [1.54, 1.807) is 49.9 Å². The van der Waals surface area contributed by atoms with Gasteiger partial charge in [0.1, 0.15) is 23.1 Å². The number of nitrogens with zero attached hydrogens (tertiary/aromatic N) is 5. The van der Waals surface area contributed by atoms with E-state index in [-0.39, 0.29) is 35.8 Å². The van der Waals surface area contributed by atoms with Crippen LogP contribution in [0.4, 0.5) is 16.6 Å². The van der Waals surface area contributed by atoms with Crippen LogP contribution in [0.2, 0.25) is 0 Å². The predicted octanol–water partition coefficient (Wildman–Crippen LogP) is 4.48. The molecule has 1 aliphatic heterocycles. The lowest BCUT2D eigenvalue weighted by Crippen LogP contribution is -2.38. The number of amides is 1. The standard InChI is InChI=1S/C30H40N6O6/c1-6-34(7-2)28-31-19-23(36-24(37)14-15-25(36)38)26(33-28)32-22(27(39)42-30(3,4)5)18-20-10-12-21(13-11-20)41-29(40)35-16-8-9-17-35/h10-15,19,22,37-38H,6-9,16-18H2,1-5H3,(H,31,32,33)/t22-/m0/s1. The molecule has 1 fully saturated rings. The average Bonchev–Trinajstić information content (AvgIpc) is 3.59. The Bertz CT molecular complexity index is 1350. The van der Waals surface area contributed by atoms with Crippen LogP contribution in [0.25, 0.3) is 5.69 Å². The number of carbonyl (C=O) groups excluding carboxylic acids is 2. The Kier molecular flexibility index (Phi) is 9.44. The van der Waals surface area contributed by atoms with Crippen molar-refractivity contribution >= 4 is 23.8 Å². The van der Waals surface area contributed by atoms with Crippen LogP contribution in [-0.4, -0.2) is 79.5 Å². The highest BCUT2D eigenvalue weighted by Gasteiger charge is 2.28. The largest absolute Gasteiger partial charge is 0.494 e. The Balaban J connectivity index is 1.65. The average molecular weight is 581 g/mol. The Hall–Kier alpha value is -4.48. The monoisotopic (exact) mass is 580 g/mol. The molecule has 12 nitrogen and oxygen atoms in total. The summed E-state index contributed by atoms with van der Waals surface area (Å²) in [5.74, 6) is 0.107. The molecule has 2 aromatic heterocycles. The van der Waals surface area contributed by atoms with Gasteiger partial charge in [-0.1, -0.05) is 12.1 Å². The molecule has 1 aliphatic rings. The summed E-state index contributed by atoms with van der Waals surface area (Å²) in [5.41, 5.74) is 0.289. The zero-order valence-corrected chi connectivity index (χ0v) is 24.8. The van der Waals surface area contributed by atoms with Gasteiger partial charge in [-0.25, -0.2) is 19.1 Å². The molecule has 0 saturated carbocycles. The van der Waals surface area contributed by atoms with Crippen LogP contribution < -0.4 is 15.0 Å². The molecular weight excluding hydrogens is 540 g/mol. The topological polar surface area (TPSA) is 142 Å². The van der Waals surface area contributed by atoms with E-state index in [4.69, 9.17) is 9.47 Å².